The molecular weight excluding hydrogens is 434 g/mol. The highest BCUT2D eigenvalue weighted by atomic mass is 16.5. The number of ketones is 1. The van der Waals surface area contributed by atoms with Crippen molar-refractivity contribution in [2.24, 2.45) is 11.8 Å². The summed E-state index contributed by atoms with van der Waals surface area (Å²) in [6, 6.07) is -0.267. The van der Waals surface area contributed by atoms with Gasteiger partial charge in [-0.15, -0.1) is 11.8 Å². The Bertz CT molecular complexity index is 592. The third-order valence-corrected chi connectivity index (χ3v) is 5.96. The monoisotopic (exact) mass is 487 g/mol. The number of hydrogen-bond donors (Lipinski definition) is 2. The van der Waals surface area contributed by atoms with Crippen molar-refractivity contribution in [3.05, 3.63) is 0 Å². The van der Waals surface area contributed by atoms with Crippen LogP contribution in [0.5, 0.6) is 0 Å². The molecule has 0 rings (SSSR count). The van der Waals surface area contributed by atoms with Gasteiger partial charge in [0, 0.05) is 33.2 Å². The number of carbonyl (C=O) groups excluding carboxylic acids is 2. The zero-order valence-corrected chi connectivity index (χ0v) is 23.9. The SMILES string of the molecule is CC.CC#CC.COC[C@@](C)(O)C(O)C(C)N(C)C[C@H](C)C[C@](C)(CCC(=O)C(C)C=O)OC. The van der Waals surface area contributed by atoms with Gasteiger partial charge in [0.05, 0.1) is 24.2 Å². The van der Waals surface area contributed by atoms with Crippen molar-refractivity contribution in [2.45, 2.75) is 105 Å². The summed E-state index contributed by atoms with van der Waals surface area (Å²) < 4.78 is 10.7. The van der Waals surface area contributed by atoms with Crippen LogP contribution in [0.25, 0.3) is 0 Å². The van der Waals surface area contributed by atoms with E-state index in [4.69, 9.17) is 9.47 Å². The molecule has 34 heavy (non-hydrogen) atoms. The minimum absolute atomic E-state index is 0.0525. The highest BCUT2D eigenvalue weighted by Crippen LogP contribution is 2.27. The van der Waals surface area contributed by atoms with Crippen molar-refractivity contribution in [2.75, 3.05) is 34.4 Å². The van der Waals surface area contributed by atoms with E-state index in [0.717, 1.165) is 6.42 Å². The minimum atomic E-state index is -1.33. The molecule has 0 aliphatic heterocycles. The largest absolute Gasteiger partial charge is 0.388 e. The number of ether oxygens (including phenoxy) is 2. The van der Waals surface area contributed by atoms with Crippen LogP contribution in [0.3, 0.4) is 0 Å². The van der Waals surface area contributed by atoms with Crippen molar-refractivity contribution in [3.63, 3.8) is 0 Å². The average molecular weight is 488 g/mol. The summed E-state index contributed by atoms with van der Waals surface area (Å²) in [6.07, 6.45) is 1.31. The smallest absolute Gasteiger partial charge is 0.142 e. The lowest BCUT2D eigenvalue weighted by atomic mass is 9.86. The van der Waals surface area contributed by atoms with E-state index in [1.54, 1.807) is 21.0 Å². The molecule has 2 N–H and O–H groups in total. The topological polar surface area (TPSA) is 96.3 Å². The van der Waals surface area contributed by atoms with E-state index in [2.05, 4.69) is 18.8 Å². The van der Waals surface area contributed by atoms with Crippen LogP contribution < -0.4 is 0 Å². The van der Waals surface area contributed by atoms with E-state index in [1.165, 1.54) is 7.11 Å². The summed E-state index contributed by atoms with van der Waals surface area (Å²) >= 11 is 0. The van der Waals surface area contributed by atoms with Gasteiger partial charge in [0.15, 0.2) is 0 Å². The lowest BCUT2D eigenvalue weighted by Gasteiger charge is -2.39. The van der Waals surface area contributed by atoms with Crippen LogP contribution in [0.2, 0.25) is 0 Å². The van der Waals surface area contributed by atoms with Gasteiger partial charge in [0.2, 0.25) is 0 Å². The Kier molecular flexibility index (Phi) is 21.9. The third-order valence-electron chi connectivity index (χ3n) is 5.96. The number of aliphatic hydroxyl groups excluding tert-OH is 1. The molecule has 6 atom stereocenters. The Morgan fingerprint density at radius 1 is 1.12 bits per heavy atom. The van der Waals surface area contributed by atoms with Gasteiger partial charge < -0.3 is 29.4 Å². The second kappa shape index (κ2) is 19.9. The molecule has 7 nitrogen and oxygen atoms in total. The molecule has 0 fully saturated rings. The van der Waals surface area contributed by atoms with E-state index < -0.39 is 23.2 Å². The van der Waals surface area contributed by atoms with Crippen molar-refractivity contribution < 1.29 is 29.3 Å². The summed E-state index contributed by atoms with van der Waals surface area (Å²) in [5, 5.41) is 20.9. The number of carbonyl (C=O) groups is 2. The molecular formula is C27H53NO6. The van der Waals surface area contributed by atoms with E-state index in [-0.39, 0.29) is 24.3 Å². The van der Waals surface area contributed by atoms with Gasteiger partial charge in [-0.3, -0.25) is 4.79 Å². The number of nitrogens with zero attached hydrogens (tertiary/aromatic N) is 1. The van der Waals surface area contributed by atoms with Crippen LogP contribution in [0.4, 0.5) is 0 Å². The Morgan fingerprint density at radius 2 is 1.62 bits per heavy atom. The lowest BCUT2D eigenvalue weighted by Crippen LogP contribution is -2.54. The van der Waals surface area contributed by atoms with Crippen LogP contribution in [-0.4, -0.2) is 84.9 Å². The highest BCUT2D eigenvalue weighted by molar-refractivity contribution is 5.92. The van der Waals surface area contributed by atoms with Crippen LogP contribution in [0.15, 0.2) is 0 Å². The molecule has 0 aromatic carbocycles. The van der Waals surface area contributed by atoms with Crippen LogP contribution in [-0.2, 0) is 19.1 Å². The van der Waals surface area contributed by atoms with Crippen molar-refractivity contribution >= 4 is 12.1 Å². The molecule has 202 valence electrons. The summed E-state index contributed by atoms with van der Waals surface area (Å²) in [4.78, 5) is 24.7. The molecule has 0 bridgehead atoms. The normalized spacial score (nSPS) is 17.6. The minimum Gasteiger partial charge on any atom is -0.388 e. The molecule has 0 saturated heterocycles. The Hall–Kier alpha value is -1.30. The molecule has 0 saturated carbocycles. The first-order valence-electron chi connectivity index (χ1n) is 12.2. The van der Waals surface area contributed by atoms with E-state index in [9.17, 15) is 19.8 Å². The van der Waals surface area contributed by atoms with Crippen LogP contribution >= 0.6 is 0 Å². The summed E-state index contributed by atoms with van der Waals surface area (Å²) in [7, 11) is 5.04. The van der Waals surface area contributed by atoms with Crippen LogP contribution in [0.1, 0.15) is 81.6 Å². The molecule has 0 amide bonds. The average Bonchev–Trinajstić information content (AvgIpc) is 2.82. The predicted octanol–water partition coefficient (Wildman–Crippen LogP) is 3.74. The Morgan fingerprint density at radius 3 is 2.00 bits per heavy atom. The van der Waals surface area contributed by atoms with Gasteiger partial charge in [-0.05, 0) is 67.3 Å². The van der Waals surface area contributed by atoms with Gasteiger partial charge in [-0.25, -0.2) is 0 Å². The maximum Gasteiger partial charge on any atom is 0.142 e. The van der Waals surface area contributed by atoms with Crippen molar-refractivity contribution in [3.8, 4) is 11.8 Å². The number of aldehydes is 1. The number of hydrogen-bond acceptors (Lipinski definition) is 7. The van der Waals surface area contributed by atoms with E-state index >= 15 is 0 Å². The van der Waals surface area contributed by atoms with E-state index in [0.29, 0.717) is 25.7 Å². The lowest BCUT2D eigenvalue weighted by molar-refractivity contribution is -0.128. The fourth-order valence-corrected chi connectivity index (χ4v) is 3.58. The van der Waals surface area contributed by atoms with Gasteiger partial charge in [0.1, 0.15) is 17.7 Å². The van der Waals surface area contributed by atoms with Crippen molar-refractivity contribution in [1.29, 1.82) is 0 Å². The number of Topliss-reactive ketones (excluding diaryl/α,β-unsaturated/α-hetero) is 1. The standard InChI is InChI=1S/C21H41NO6.C4H6.C2H6/c1-15(11-20(4,28-8)10-9-18(24)16(2)13-23)12-22(6)17(3)19(25)21(5,26)14-27-7;1-3-4-2;1-2/h13,15-17,19,25-26H,9-12,14H2,1-8H3;1-2H3;1-2H3/t15-,16?,17?,19?,20+,21-;;/m1../s1. The number of likely N-dealkylation sites (N-methyl/N-ethyl adjacent to an activating group) is 1. The molecule has 7 heteroatoms. The maximum atomic E-state index is 12.0. The summed E-state index contributed by atoms with van der Waals surface area (Å²) in [5.74, 6) is 4.95. The molecule has 0 aliphatic rings. The first-order valence-corrected chi connectivity index (χ1v) is 12.2. The molecule has 3 unspecified atom stereocenters. The molecule has 0 aliphatic carbocycles. The van der Waals surface area contributed by atoms with Gasteiger partial charge >= 0.3 is 0 Å². The Labute approximate surface area is 209 Å². The van der Waals surface area contributed by atoms with Crippen molar-refractivity contribution in [1.82, 2.24) is 4.90 Å². The first-order chi connectivity index (χ1) is 15.7. The quantitative estimate of drug-likeness (QED) is 0.206. The first kappa shape index (κ1) is 37.3. The maximum absolute atomic E-state index is 12.0. The fourth-order valence-electron chi connectivity index (χ4n) is 3.58. The molecule has 0 radical (unpaired) electrons. The van der Waals surface area contributed by atoms with Gasteiger partial charge in [-0.1, -0.05) is 20.8 Å². The predicted molar refractivity (Wildman–Crippen MR) is 140 cm³/mol. The number of aliphatic hydroxyl groups is 2. The second-order valence-electron chi connectivity index (χ2n) is 9.27. The van der Waals surface area contributed by atoms with E-state index in [1.807, 2.05) is 53.5 Å². The van der Waals surface area contributed by atoms with Crippen LogP contribution in [0, 0.1) is 23.7 Å². The second-order valence-corrected chi connectivity index (χ2v) is 9.27. The van der Waals surface area contributed by atoms with Gasteiger partial charge in [-0.2, -0.15) is 0 Å². The number of methoxy groups -OCH3 is 2. The third kappa shape index (κ3) is 15.6. The highest BCUT2D eigenvalue weighted by Gasteiger charge is 2.37. The Balaban J connectivity index is -0.00000144. The summed E-state index contributed by atoms with van der Waals surface area (Å²) in [6.45, 7) is 17.5. The molecule has 0 aromatic heterocycles. The molecule has 0 heterocycles. The zero-order chi connectivity index (χ0) is 27.5. The molecule has 0 aromatic rings. The molecule has 0 spiro atoms. The fraction of sp³-hybridized carbons (Fsp3) is 0.852. The number of rotatable bonds is 15. The van der Waals surface area contributed by atoms with Gasteiger partial charge in [0.25, 0.3) is 0 Å². The summed E-state index contributed by atoms with van der Waals surface area (Å²) in [5.41, 5.74) is -1.80. The zero-order valence-electron chi connectivity index (χ0n) is 23.9.